The van der Waals surface area contributed by atoms with Gasteiger partial charge in [0, 0.05) is 10.7 Å². The number of aromatic nitrogens is 2. The van der Waals surface area contributed by atoms with Crippen molar-refractivity contribution in [2.75, 3.05) is 13.1 Å². The lowest BCUT2D eigenvalue weighted by molar-refractivity contribution is 0.343. The zero-order chi connectivity index (χ0) is 10.7. The van der Waals surface area contributed by atoms with E-state index >= 15 is 0 Å². The summed E-state index contributed by atoms with van der Waals surface area (Å²) < 4.78 is 26.6. The Labute approximate surface area is 74.6 Å². The molecule has 4 nitrogen and oxygen atoms in total. The number of piperidine rings is 1. The van der Waals surface area contributed by atoms with Gasteiger partial charge in [-0.25, -0.2) is 0 Å². The molecule has 0 amide bonds. The Kier molecular flexibility index (Phi) is 0.684. The highest BCUT2D eigenvalue weighted by Gasteiger charge is 2.62. The lowest BCUT2D eigenvalue weighted by Gasteiger charge is -2.02. The molecular formula is C8H11N3O. The van der Waals surface area contributed by atoms with E-state index in [4.69, 9.17) is 8.64 Å². The van der Waals surface area contributed by atoms with Gasteiger partial charge in [0.1, 0.15) is 0 Å². The zero-order valence-corrected chi connectivity index (χ0v) is 6.50. The lowest BCUT2D eigenvalue weighted by Crippen LogP contribution is -2.19. The van der Waals surface area contributed by atoms with E-state index in [1.807, 2.05) is 0 Å². The van der Waals surface area contributed by atoms with Crippen LogP contribution in [-0.4, -0.2) is 23.2 Å². The molecule has 1 aliphatic heterocycles. The second kappa shape index (κ2) is 1.88. The molecule has 1 saturated carbocycles. The van der Waals surface area contributed by atoms with Gasteiger partial charge in [-0.2, -0.15) is 4.98 Å². The summed E-state index contributed by atoms with van der Waals surface area (Å²) in [5, 5.41) is 6.77. The normalized spacial score (nSPS) is 43.0. The quantitative estimate of drug-likeness (QED) is 0.652. The molecule has 2 heterocycles. The summed E-state index contributed by atoms with van der Waals surface area (Å²) in [6.45, 7) is -0.486. The van der Waals surface area contributed by atoms with Gasteiger partial charge < -0.3 is 9.84 Å². The molecule has 1 aromatic heterocycles. The molecule has 0 bridgehead atoms. The monoisotopic (exact) mass is 168 g/mol. The number of rotatable bonds is 1. The third-order valence-electron chi connectivity index (χ3n) is 2.92. The molecule has 2 fully saturated rings. The van der Waals surface area contributed by atoms with Gasteiger partial charge in [-0.15, -0.1) is 0 Å². The average molecular weight is 168 g/mol. The minimum absolute atomic E-state index is 0.0590. The van der Waals surface area contributed by atoms with Crippen molar-refractivity contribution in [3.8, 4) is 0 Å². The fourth-order valence-corrected chi connectivity index (χ4v) is 2.10. The predicted octanol–water partition coefficient (Wildman–Crippen LogP) is 0.239. The van der Waals surface area contributed by atoms with Crippen molar-refractivity contribution in [3.63, 3.8) is 0 Å². The first-order chi connectivity index (χ1) is 7.02. The van der Waals surface area contributed by atoms with Crippen LogP contribution in [-0.2, 0) is 5.41 Å². The number of nitrogens with one attached hydrogen (secondary N) is 1. The lowest BCUT2D eigenvalue weighted by atomic mass is 10.1. The standard InChI is InChI=1S/C8H11N3O/c1-5-10-7(12-11-5)8-2-6(8)3-9-4-8/h6,9H,2-4H2,1H3/t6?,8-/m0/s1/i1D3. The van der Waals surface area contributed by atoms with Gasteiger partial charge in [-0.05, 0) is 25.7 Å². The third-order valence-corrected chi connectivity index (χ3v) is 2.92. The van der Waals surface area contributed by atoms with Gasteiger partial charge in [-0.3, -0.25) is 0 Å². The van der Waals surface area contributed by atoms with Crippen LogP contribution in [0.4, 0.5) is 0 Å². The first-order valence-electron chi connectivity index (χ1n) is 5.58. The second-order valence-electron chi connectivity index (χ2n) is 3.61. The Morgan fingerprint density at radius 2 is 2.83 bits per heavy atom. The molecule has 0 spiro atoms. The van der Waals surface area contributed by atoms with Crippen LogP contribution in [0.1, 0.15) is 22.2 Å². The molecule has 3 rings (SSSR count). The Bertz CT molecular complexity index is 402. The maximum absolute atomic E-state index is 7.17. The van der Waals surface area contributed by atoms with Gasteiger partial charge in [0.25, 0.3) is 0 Å². The van der Waals surface area contributed by atoms with E-state index < -0.39 is 6.85 Å². The van der Waals surface area contributed by atoms with E-state index in [0.29, 0.717) is 11.8 Å². The third kappa shape index (κ3) is 0.659. The van der Waals surface area contributed by atoms with E-state index in [2.05, 4.69) is 15.5 Å². The van der Waals surface area contributed by atoms with E-state index in [9.17, 15) is 0 Å². The number of aryl methyl sites for hydroxylation is 1. The van der Waals surface area contributed by atoms with Crippen LogP contribution in [0.2, 0.25) is 0 Å². The molecule has 0 aromatic carbocycles. The minimum Gasteiger partial charge on any atom is -0.339 e. The van der Waals surface area contributed by atoms with Crippen LogP contribution in [0.3, 0.4) is 0 Å². The van der Waals surface area contributed by atoms with Crippen LogP contribution in [0.25, 0.3) is 0 Å². The van der Waals surface area contributed by atoms with Crippen molar-refractivity contribution >= 4 is 0 Å². The second-order valence-corrected chi connectivity index (χ2v) is 3.61. The van der Waals surface area contributed by atoms with Crippen molar-refractivity contribution in [2.45, 2.75) is 18.7 Å². The fourth-order valence-electron chi connectivity index (χ4n) is 2.10. The van der Waals surface area contributed by atoms with Gasteiger partial charge >= 0.3 is 0 Å². The van der Waals surface area contributed by atoms with Gasteiger partial charge in [0.15, 0.2) is 5.82 Å². The van der Waals surface area contributed by atoms with Crippen molar-refractivity contribution in [3.05, 3.63) is 11.7 Å². The summed E-state index contributed by atoms with van der Waals surface area (Å²) in [7, 11) is 0. The molecule has 2 atom stereocenters. The summed E-state index contributed by atoms with van der Waals surface area (Å²) in [5.41, 5.74) is -0.0590. The van der Waals surface area contributed by atoms with Crippen molar-refractivity contribution < 1.29 is 8.64 Å². The largest absolute Gasteiger partial charge is 0.339 e. The Morgan fingerprint density at radius 3 is 3.42 bits per heavy atom. The molecule has 0 radical (unpaired) electrons. The average Bonchev–Trinajstić information content (AvgIpc) is 2.63. The molecule has 1 N–H and O–H groups in total. The Morgan fingerprint density at radius 1 is 1.83 bits per heavy atom. The van der Waals surface area contributed by atoms with Crippen molar-refractivity contribution in [1.82, 2.24) is 15.5 Å². The van der Waals surface area contributed by atoms with Crippen molar-refractivity contribution in [1.29, 1.82) is 0 Å². The smallest absolute Gasteiger partial charge is 0.234 e. The highest BCUT2D eigenvalue weighted by Crippen LogP contribution is 2.55. The van der Waals surface area contributed by atoms with E-state index in [1.54, 1.807) is 0 Å². The van der Waals surface area contributed by atoms with Crippen molar-refractivity contribution in [2.24, 2.45) is 5.92 Å². The topological polar surface area (TPSA) is 51.0 Å². The molecular weight excluding hydrogens is 154 g/mol. The van der Waals surface area contributed by atoms with E-state index in [-0.39, 0.29) is 11.2 Å². The first-order valence-corrected chi connectivity index (χ1v) is 4.08. The van der Waals surface area contributed by atoms with E-state index in [1.165, 1.54) is 0 Å². The minimum atomic E-state index is -2.27. The first kappa shape index (κ1) is 4.37. The SMILES string of the molecule is [2H]C([2H])([2H])c1noc([C@@]23CNCC2C3)n1. The predicted molar refractivity (Wildman–Crippen MR) is 41.7 cm³/mol. The summed E-state index contributed by atoms with van der Waals surface area (Å²) in [6.07, 6.45) is 1.03. The maximum Gasteiger partial charge on any atom is 0.234 e. The molecule has 1 saturated heterocycles. The van der Waals surface area contributed by atoms with E-state index in [0.717, 1.165) is 19.5 Å². The number of nitrogens with zero attached hydrogens (tertiary/aromatic N) is 2. The maximum atomic E-state index is 7.17. The molecule has 1 aromatic rings. The summed E-state index contributed by atoms with van der Waals surface area (Å²) in [6, 6.07) is 0. The molecule has 1 unspecified atom stereocenters. The van der Waals surface area contributed by atoms with Gasteiger partial charge in [-0.1, -0.05) is 5.16 Å². The molecule has 64 valence electrons. The Hall–Kier alpha value is -0.900. The van der Waals surface area contributed by atoms with Crippen LogP contribution in [0.5, 0.6) is 0 Å². The number of fused-ring (bicyclic) bond motifs is 1. The molecule has 1 aliphatic carbocycles. The number of hydrogen-bond acceptors (Lipinski definition) is 4. The van der Waals surface area contributed by atoms with Crippen LogP contribution < -0.4 is 5.32 Å². The molecule has 12 heavy (non-hydrogen) atoms. The van der Waals surface area contributed by atoms with Crippen LogP contribution >= 0.6 is 0 Å². The molecule has 4 heteroatoms. The van der Waals surface area contributed by atoms with Crippen LogP contribution in [0.15, 0.2) is 4.52 Å². The highest BCUT2D eigenvalue weighted by atomic mass is 16.5. The van der Waals surface area contributed by atoms with Gasteiger partial charge in [0.05, 0.1) is 5.41 Å². The van der Waals surface area contributed by atoms with Crippen LogP contribution in [0, 0.1) is 12.8 Å². The summed E-state index contributed by atoms with van der Waals surface area (Å²) in [5.74, 6) is 0.857. The molecule has 2 aliphatic rings. The highest BCUT2D eigenvalue weighted by molar-refractivity contribution is 5.25. The van der Waals surface area contributed by atoms with Gasteiger partial charge in [0.2, 0.25) is 5.89 Å². The number of hydrogen-bond donors (Lipinski definition) is 1. The summed E-state index contributed by atoms with van der Waals surface area (Å²) >= 11 is 0. The fraction of sp³-hybridized carbons (Fsp3) is 0.750. The zero-order valence-electron chi connectivity index (χ0n) is 9.50. The summed E-state index contributed by atoms with van der Waals surface area (Å²) in [4.78, 5) is 4.00. The Balaban J connectivity index is 1.92.